The van der Waals surface area contributed by atoms with Crippen LogP contribution in [0.2, 0.25) is 26.2 Å². The second-order valence-electron chi connectivity index (χ2n) is 9.38. The highest BCUT2D eigenvalue weighted by Gasteiger charge is 2.12. The van der Waals surface area contributed by atoms with E-state index in [1.54, 1.807) is 24.3 Å². The van der Waals surface area contributed by atoms with Gasteiger partial charge in [-0.15, -0.1) is 0 Å². The molecule has 0 spiro atoms. The summed E-state index contributed by atoms with van der Waals surface area (Å²) in [6.07, 6.45) is 0. The minimum absolute atomic E-state index is 0.369. The third-order valence-electron chi connectivity index (χ3n) is 6.09. The van der Waals surface area contributed by atoms with Gasteiger partial charge >= 0.3 is 11.9 Å². The summed E-state index contributed by atoms with van der Waals surface area (Å²) in [5, 5.41) is 2.64. The van der Waals surface area contributed by atoms with Crippen LogP contribution in [0.5, 0.6) is 11.5 Å². The number of esters is 2. The van der Waals surface area contributed by atoms with E-state index in [4.69, 9.17) is 9.47 Å². The third kappa shape index (κ3) is 6.27. The lowest BCUT2D eigenvalue weighted by molar-refractivity contribution is 0.0725. The molecule has 0 amide bonds. The first-order chi connectivity index (χ1) is 17.3. The van der Waals surface area contributed by atoms with E-state index in [-0.39, 0.29) is 11.9 Å². The van der Waals surface area contributed by atoms with Gasteiger partial charge in [-0.25, -0.2) is 9.59 Å². The SMILES string of the molecule is C[SiH](C)c1ccc(C(=O)Oc2ccc(-c3ccc(OC(=O)c4ccc([SiH](C)C)cc4)cc3)cc2)cc1. The van der Waals surface area contributed by atoms with Crippen molar-refractivity contribution in [2.45, 2.75) is 26.2 Å². The van der Waals surface area contributed by atoms with Gasteiger partial charge in [-0.05, 0) is 59.7 Å². The molecule has 0 aliphatic carbocycles. The van der Waals surface area contributed by atoms with Crippen molar-refractivity contribution in [3.8, 4) is 22.6 Å². The molecule has 4 aromatic rings. The van der Waals surface area contributed by atoms with Crippen molar-refractivity contribution in [3.05, 3.63) is 108 Å². The third-order valence-corrected chi connectivity index (χ3v) is 9.53. The van der Waals surface area contributed by atoms with E-state index in [1.165, 1.54) is 10.4 Å². The zero-order valence-corrected chi connectivity index (χ0v) is 23.3. The van der Waals surface area contributed by atoms with Crippen LogP contribution in [0.1, 0.15) is 20.7 Å². The number of rotatable bonds is 7. The molecule has 36 heavy (non-hydrogen) atoms. The Morgan fingerprint density at radius 1 is 0.472 bits per heavy atom. The van der Waals surface area contributed by atoms with Gasteiger partial charge in [-0.1, -0.05) is 85.1 Å². The molecule has 0 aliphatic rings. The maximum atomic E-state index is 12.5. The monoisotopic (exact) mass is 510 g/mol. The van der Waals surface area contributed by atoms with Crippen LogP contribution in [0.4, 0.5) is 0 Å². The van der Waals surface area contributed by atoms with E-state index < -0.39 is 17.6 Å². The minimum atomic E-state index is -0.891. The van der Waals surface area contributed by atoms with Gasteiger partial charge in [0.05, 0.1) is 28.7 Å². The molecule has 0 radical (unpaired) electrons. The Kier molecular flexibility index (Phi) is 7.98. The molecule has 4 nitrogen and oxygen atoms in total. The summed E-state index contributed by atoms with van der Waals surface area (Å²) < 4.78 is 11.1. The number of benzene rings is 4. The molecular weight excluding hydrogens is 480 g/mol. The molecule has 0 aromatic heterocycles. The Morgan fingerprint density at radius 2 is 0.778 bits per heavy atom. The Bertz CT molecular complexity index is 1220. The first-order valence-electron chi connectivity index (χ1n) is 12.1. The molecule has 0 fully saturated rings. The van der Waals surface area contributed by atoms with E-state index in [2.05, 4.69) is 26.2 Å². The van der Waals surface area contributed by atoms with Crippen molar-refractivity contribution < 1.29 is 19.1 Å². The zero-order valence-electron chi connectivity index (χ0n) is 21.0. The molecule has 0 heterocycles. The first-order valence-corrected chi connectivity index (χ1v) is 17.9. The van der Waals surface area contributed by atoms with E-state index in [1.807, 2.05) is 72.8 Å². The van der Waals surface area contributed by atoms with Gasteiger partial charge in [0.25, 0.3) is 0 Å². The summed E-state index contributed by atoms with van der Waals surface area (Å²) in [6.45, 7) is 9.01. The lowest BCUT2D eigenvalue weighted by atomic mass is 10.1. The molecule has 182 valence electrons. The van der Waals surface area contributed by atoms with Gasteiger partial charge < -0.3 is 9.47 Å². The van der Waals surface area contributed by atoms with Crippen molar-refractivity contribution >= 4 is 39.9 Å². The Labute approximate surface area is 215 Å². The molecule has 4 aromatic carbocycles. The molecule has 0 saturated heterocycles. The summed E-state index contributed by atoms with van der Waals surface area (Å²) in [4.78, 5) is 24.9. The number of hydrogen-bond donors (Lipinski definition) is 0. The Balaban J connectivity index is 1.36. The average Bonchev–Trinajstić information content (AvgIpc) is 2.89. The lowest BCUT2D eigenvalue weighted by Crippen LogP contribution is -2.22. The van der Waals surface area contributed by atoms with Gasteiger partial charge in [0.15, 0.2) is 0 Å². The lowest BCUT2D eigenvalue weighted by Gasteiger charge is -2.09. The van der Waals surface area contributed by atoms with Crippen LogP contribution in [-0.2, 0) is 0 Å². The predicted octanol–water partition coefficient (Wildman–Crippen LogP) is 5.18. The Morgan fingerprint density at radius 3 is 1.06 bits per heavy atom. The molecule has 0 unspecified atom stereocenters. The largest absolute Gasteiger partial charge is 0.423 e. The van der Waals surface area contributed by atoms with E-state index in [0.29, 0.717) is 22.6 Å². The second-order valence-corrected chi connectivity index (χ2v) is 15.3. The molecule has 4 rings (SSSR count). The summed E-state index contributed by atoms with van der Waals surface area (Å²) >= 11 is 0. The molecular formula is C30H30O4Si2. The predicted molar refractivity (Wildman–Crippen MR) is 152 cm³/mol. The van der Waals surface area contributed by atoms with Crippen LogP contribution in [-0.4, -0.2) is 29.5 Å². The highest BCUT2D eigenvalue weighted by Crippen LogP contribution is 2.25. The van der Waals surface area contributed by atoms with Crippen molar-refractivity contribution in [3.63, 3.8) is 0 Å². The first kappa shape index (κ1) is 25.3. The fourth-order valence-electron chi connectivity index (χ4n) is 3.77. The van der Waals surface area contributed by atoms with Crippen molar-refractivity contribution in [1.29, 1.82) is 0 Å². The molecule has 0 aliphatic heterocycles. The summed E-state index contributed by atoms with van der Waals surface area (Å²) in [5.41, 5.74) is 3.01. The van der Waals surface area contributed by atoms with Crippen LogP contribution in [0, 0.1) is 0 Å². The van der Waals surface area contributed by atoms with Crippen LogP contribution in [0.15, 0.2) is 97.1 Å². The molecule has 0 N–H and O–H groups in total. The molecule has 0 saturated carbocycles. The van der Waals surface area contributed by atoms with Crippen LogP contribution < -0.4 is 19.8 Å². The van der Waals surface area contributed by atoms with Gasteiger partial charge in [-0.2, -0.15) is 0 Å². The van der Waals surface area contributed by atoms with Crippen LogP contribution in [0.25, 0.3) is 11.1 Å². The average molecular weight is 511 g/mol. The molecule has 6 heteroatoms. The molecule has 0 bridgehead atoms. The summed E-state index contributed by atoms with van der Waals surface area (Å²) in [5.74, 6) is 0.240. The quantitative estimate of drug-likeness (QED) is 0.195. The topological polar surface area (TPSA) is 52.6 Å². The van der Waals surface area contributed by atoms with Crippen LogP contribution in [0.3, 0.4) is 0 Å². The standard InChI is InChI=1S/C30H30O4Si2/c1-35(2)27-17-9-23(10-18-27)29(31)33-25-13-5-21(6-14-25)22-7-15-26(16-8-22)34-30(32)24-11-19-28(20-12-24)36(3)4/h5-20,35-36H,1-4H3. The Hall–Kier alpha value is -3.75. The van der Waals surface area contributed by atoms with Gasteiger partial charge in [0.1, 0.15) is 11.5 Å². The van der Waals surface area contributed by atoms with E-state index in [9.17, 15) is 9.59 Å². The van der Waals surface area contributed by atoms with Crippen LogP contribution >= 0.6 is 0 Å². The van der Waals surface area contributed by atoms with E-state index in [0.717, 1.165) is 11.1 Å². The fraction of sp³-hybridized carbons (Fsp3) is 0.133. The van der Waals surface area contributed by atoms with Gasteiger partial charge in [-0.3, -0.25) is 0 Å². The van der Waals surface area contributed by atoms with E-state index >= 15 is 0 Å². The summed E-state index contributed by atoms with van der Waals surface area (Å²) in [6, 6.07) is 30.1. The molecule has 0 atom stereocenters. The van der Waals surface area contributed by atoms with Crippen molar-refractivity contribution in [2.24, 2.45) is 0 Å². The maximum Gasteiger partial charge on any atom is 0.343 e. The number of ether oxygens (including phenoxy) is 2. The van der Waals surface area contributed by atoms with Crippen molar-refractivity contribution in [2.75, 3.05) is 0 Å². The normalized spacial score (nSPS) is 10.9. The smallest absolute Gasteiger partial charge is 0.343 e. The fourth-order valence-corrected chi connectivity index (χ4v) is 5.70. The summed E-state index contributed by atoms with van der Waals surface area (Å²) in [7, 11) is -1.78. The number of carbonyl (C=O) groups excluding carboxylic acids is 2. The second kappa shape index (κ2) is 11.3. The number of carbonyl (C=O) groups is 2. The zero-order chi connectivity index (χ0) is 25.7. The highest BCUT2D eigenvalue weighted by atomic mass is 28.3. The number of hydrogen-bond acceptors (Lipinski definition) is 4. The maximum absolute atomic E-state index is 12.5. The minimum Gasteiger partial charge on any atom is -0.423 e. The highest BCUT2D eigenvalue weighted by molar-refractivity contribution is 6.71. The van der Waals surface area contributed by atoms with Gasteiger partial charge in [0.2, 0.25) is 0 Å². The van der Waals surface area contributed by atoms with Crippen molar-refractivity contribution in [1.82, 2.24) is 0 Å². The van der Waals surface area contributed by atoms with Gasteiger partial charge in [0, 0.05) is 0 Å².